The van der Waals surface area contributed by atoms with Crippen molar-refractivity contribution < 1.29 is 5.21 Å². The highest BCUT2D eigenvalue weighted by Gasteiger charge is 2.01. The second-order valence-corrected chi connectivity index (χ2v) is 4.25. The van der Waals surface area contributed by atoms with Crippen molar-refractivity contribution in [3.8, 4) is 0 Å². The quantitative estimate of drug-likeness (QED) is 0.283. The fourth-order valence-electron chi connectivity index (χ4n) is 1.21. The molecule has 2 aromatic rings. The SMILES string of the molecule is NC(=NO)c1ccc(Sc2ccncn2)cc1. The molecule has 2 rings (SSSR count). The summed E-state index contributed by atoms with van der Waals surface area (Å²) in [5.74, 6) is 0.101. The Hall–Kier alpha value is -2.08. The maximum absolute atomic E-state index is 8.53. The Balaban J connectivity index is 2.14. The fourth-order valence-corrected chi connectivity index (χ4v) is 1.95. The van der Waals surface area contributed by atoms with E-state index in [1.54, 1.807) is 18.3 Å². The first-order valence-corrected chi connectivity index (χ1v) is 5.63. The van der Waals surface area contributed by atoms with Crippen molar-refractivity contribution in [1.82, 2.24) is 9.97 Å². The molecule has 0 spiro atoms. The molecule has 0 saturated heterocycles. The van der Waals surface area contributed by atoms with Crippen LogP contribution in [-0.2, 0) is 0 Å². The van der Waals surface area contributed by atoms with Gasteiger partial charge in [-0.05, 0) is 18.2 Å². The normalized spacial score (nSPS) is 11.4. The zero-order chi connectivity index (χ0) is 12.1. The molecule has 0 unspecified atom stereocenters. The standard InChI is InChI=1S/C11H10N4OS/c12-11(15-16)8-1-3-9(4-2-8)17-10-5-6-13-7-14-10/h1-7,16H,(H2,12,15). The molecule has 86 valence electrons. The molecule has 0 aliphatic carbocycles. The van der Waals surface area contributed by atoms with E-state index in [1.807, 2.05) is 18.2 Å². The van der Waals surface area contributed by atoms with E-state index >= 15 is 0 Å². The summed E-state index contributed by atoms with van der Waals surface area (Å²) in [4.78, 5) is 8.99. The largest absolute Gasteiger partial charge is 0.409 e. The molecule has 0 saturated carbocycles. The van der Waals surface area contributed by atoms with Crippen molar-refractivity contribution in [3.05, 3.63) is 48.4 Å². The molecule has 0 atom stereocenters. The van der Waals surface area contributed by atoms with Gasteiger partial charge in [-0.15, -0.1) is 0 Å². The Morgan fingerprint density at radius 1 is 1.24 bits per heavy atom. The van der Waals surface area contributed by atoms with Gasteiger partial charge in [0, 0.05) is 16.7 Å². The minimum absolute atomic E-state index is 0.101. The highest BCUT2D eigenvalue weighted by molar-refractivity contribution is 7.99. The Morgan fingerprint density at radius 3 is 2.59 bits per heavy atom. The predicted octanol–water partition coefficient (Wildman–Crippen LogP) is 1.72. The first-order valence-electron chi connectivity index (χ1n) is 4.81. The maximum atomic E-state index is 8.53. The summed E-state index contributed by atoms with van der Waals surface area (Å²) in [6.45, 7) is 0. The number of benzene rings is 1. The lowest BCUT2D eigenvalue weighted by atomic mass is 10.2. The minimum atomic E-state index is 0.101. The van der Waals surface area contributed by atoms with Crippen LogP contribution in [0.3, 0.4) is 0 Å². The zero-order valence-corrected chi connectivity index (χ0v) is 9.63. The molecule has 1 heterocycles. The molecule has 0 amide bonds. The molecule has 0 aliphatic rings. The second kappa shape index (κ2) is 5.31. The average molecular weight is 246 g/mol. The Labute approximate surface area is 102 Å². The molecule has 0 aliphatic heterocycles. The van der Waals surface area contributed by atoms with Gasteiger partial charge >= 0.3 is 0 Å². The summed E-state index contributed by atoms with van der Waals surface area (Å²) in [5.41, 5.74) is 6.15. The average Bonchev–Trinajstić information content (AvgIpc) is 2.40. The van der Waals surface area contributed by atoms with Crippen molar-refractivity contribution in [3.63, 3.8) is 0 Å². The lowest BCUT2D eigenvalue weighted by Crippen LogP contribution is -2.12. The van der Waals surface area contributed by atoms with Crippen LogP contribution in [0.5, 0.6) is 0 Å². The number of oxime groups is 1. The van der Waals surface area contributed by atoms with Crippen LogP contribution in [0.15, 0.2) is 57.9 Å². The zero-order valence-electron chi connectivity index (χ0n) is 8.82. The lowest BCUT2D eigenvalue weighted by molar-refractivity contribution is 0.318. The van der Waals surface area contributed by atoms with Crippen LogP contribution in [0.4, 0.5) is 0 Å². The smallest absolute Gasteiger partial charge is 0.170 e. The highest BCUT2D eigenvalue weighted by Crippen LogP contribution is 2.25. The van der Waals surface area contributed by atoms with E-state index in [4.69, 9.17) is 10.9 Å². The van der Waals surface area contributed by atoms with Crippen molar-refractivity contribution in [2.75, 3.05) is 0 Å². The molecule has 0 radical (unpaired) electrons. The van der Waals surface area contributed by atoms with Crippen molar-refractivity contribution in [1.29, 1.82) is 0 Å². The number of amidine groups is 1. The molecule has 6 heteroatoms. The molecule has 0 fully saturated rings. The molecule has 1 aromatic heterocycles. The first kappa shape index (κ1) is 11.4. The molecule has 17 heavy (non-hydrogen) atoms. The van der Waals surface area contributed by atoms with Gasteiger partial charge in [0.05, 0.1) is 0 Å². The van der Waals surface area contributed by atoms with Crippen molar-refractivity contribution >= 4 is 17.6 Å². The summed E-state index contributed by atoms with van der Waals surface area (Å²) in [7, 11) is 0. The van der Waals surface area contributed by atoms with Gasteiger partial charge in [-0.25, -0.2) is 9.97 Å². The molecule has 3 N–H and O–H groups in total. The van der Waals surface area contributed by atoms with Crippen LogP contribution in [0.2, 0.25) is 0 Å². The maximum Gasteiger partial charge on any atom is 0.170 e. The third kappa shape index (κ3) is 2.94. The summed E-state index contributed by atoms with van der Waals surface area (Å²) in [6, 6.07) is 9.19. The van der Waals surface area contributed by atoms with Gasteiger partial charge in [-0.3, -0.25) is 0 Å². The predicted molar refractivity (Wildman–Crippen MR) is 65.1 cm³/mol. The van der Waals surface area contributed by atoms with Gasteiger partial charge in [0.15, 0.2) is 5.84 Å². The molecular formula is C11H10N4OS. The van der Waals surface area contributed by atoms with Gasteiger partial charge in [-0.1, -0.05) is 29.1 Å². The highest BCUT2D eigenvalue weighted by atomic mass is 32.2. The Kier molecular flexibility index (Phi) is 3.56. The number of hydrogen-bond donors (Lipinski definition) is 2. The summed E-state index contributed by atoms with van der Waals surface area (Å²) < 4.78 is 0. The van der Waals surface area contributed by atoms with E-state index < -0.39 is 0 Å². The van der Waals surface area contributed by atoms with Crippen molar-refractivity contribution in [2.45, 2.75) is 9.92 Å². The number of aromatic nitrogens is 2. The van der Waals surface area contributed by atoms with Crippen LogP contribution in [0, 0.1) is 0 Å². The van der Waals surface area contributed by atoms with Crippen LogP contribution in [0.25, 0.3) is 0 Å². The van der Waals surface area contributed by atoms with Crippen LogP contribution < -0.4 is 5.73 Å². The first-order chi connectivity index (χ1) is 8.29. The van der Waals surface area contributed by atoms with Gasteiger partial charge < -0.3 is 10.9 Å². The number of nitrogens with two attached hydrogens (primary N) is 1. The fraction of sp³-hybridized carbons (Fsp3) is 0. The molecule has 1 aromatic carbocycles. The number of hydrogen-bond acceptors (Lipinski definition) is 5. The van der Waals surface area contributed by atoms with E-state index in [0.29, 0.717) is 5.56 Å². The number of nitrogens with zero attached hydrogens (tertiary/aromatic N) is 3. The third-order valence-corrected chi connectivity index (χ3v) is 2.99. The van der Waals surface area contributed by atoms with Crippen LogP contribution in [0.1, 0.15) is 5.56 Å². The van der Waals surface area contributed by atoms with Gasteiger partial charge in [0.2, 0.25) is 0 Å². The molecule has 5 nitrogen and oxygen atoms in total. The third-order valence-electron chi connectivity index (χ3n) is 2.04. The monoisotopic (exact) mass is 246 g/mol. The van der Waals surface area contributed by atoms with Crippen LogP contribution >= 0.6 is 11.8 Å². The summed E-state index contributed by atoms with van der Waals surface area (Å²) in [6.07, 6.45) is 3.20. The summed E-state index contributed by atoms with van der Waals surface area (Å²) in [5, 5.41) is 12.3. The second-order valence-electron chi connectivity index (χ2n) is 3.16. The van der Waals surface area contributed by atoms with E-state index in [2.05, 4.69) is 15.1 Å². The van der Waals surface area contributed by atoms with E-state index in [0.717, 1.165) is 9.92 Å². The topological polar surface area (TPSA) is 84.4 Å². The van der Waals surface area contributed by atoms with Crippen molar-refractivity contribution in [2.24, 2.45) is 10.9 Å². The van der Waals surface area contributed by atoms with Gasteiger partial charge in [-0.2, -0.15) is 0 Å². The number of rotatable bonds is 3. The lowest BCUT2D eigenvalue weighted by Gasteiger charge is -2.02. The minimum Gasteiger partial charge on any atom is -0.409 e. The summed E-state index contributed by atoms with van der Waals surface area (Å²) >= 11 is 1.52. The molecular weight excluding hydrogens is 236 g/mol. The van der Waals surface area contributed by atoms with Gasteiger partial charge in [0.1, 0.15) is 11.4 Å². The van der Waals surface area contributed by atoms with E-state index in [9.17, 15) is 0 Å². The Morgan fingerprint density at radius 2 is 2.00 bits per heavy atom. The Bertz CT molecular complexity index is 513. The van der Waals surface area contributed by atoms with Crippen LogP contribution in [-0.4, -0.2) is 21.0 Å². The van der Waals surface area contributed by atoms with E-state index in [-0.39, 0.29) is 5.84 Å². The van der Waals surface area contributed by atoms with E-state index in [1.165, 1.54) is 18.1 Å². The molecule has 0 bridgehead atoms. The van der Waals surface area contributed by atoms with Gasteiger partial charge in [0.25, 0.3) is 0 Å².